The lowest BCUT2D eigenvalue weighted by molar-refractivity contribution is -0.134. The molecule has 0 aliphatic carbocycles. The summed E-state index contributed by atoms with van der Waals surface area (Å²) in [4.78, 5) is 57.8. The van der Waals surface area contributed by atoms with E-state index < -0.39 is 41.9 Å². The maximum absolute atomic E-state index is 15.2. The van der Waals surface area contributed by atoms with Gasteiger partial charge in [-0.3, -0.25) is 19.5 Å². The van der Waals surface area contributed by atoms with E-state index in [9.17, 15) is 19.2 Å². The van der Waals surface area contributed by atoms with E-state index in [0.29, 0.717) is 12.0 Å². The van der Waals surface area contributed by atoms with Crippen LogP contribution < -0.4 is 20.4 Å². The van der Waals surface area contributed by atoms with Gasteiger partial charge in [0.1, 0.15) is 17.8 Å². The number of piperazine rings is 1. The Bertz CT molecular complexity index is 1280. The van der Waals surface area contributed by atoms with Gasteiger partial charge in [-0.1, -0.05) is 13.8 Å². The average Bonchev–Trinajstić information content (AvgIpc) is 3.35. The van der Waals surface area contributed by atoms with E-state index in [1.807, 2.05) is 13.8 Å². The zero-order valence-electron chi connectivity index (χ0n) is 23.6. The first-order chi connectivity index (χ1) is 20.1. The molecule has 12 nitrogen and oxygen atoms in total. The maximum atomic E-state index is 15.2. The van der Waals surface area contributed by atoms with Gasteiger partial charge in [0.2, 0.25) is 5.91 Å². The highest BCUT2D eigenvalue weighted by molar-refractivity contribution is 5.97. The van der Waals surface area contributed by atoms with Crippen LogP contribution in [0.5, 0.6) is 0 Å². The van der Waals surface area contributed by atoms with E-state index in [1.54, 1.807) is 23.2 Å². The van der Waals surface area contributed by atoms with Crippen molar-refractivity contribution >= 4 is 35.4 Å². The van der Waals surface area contributed by atoms with Crippen LogP contribution in [-0.2, 0) is 14.3 Å². The summed E-state index contributed by atoms with van der Waals surface area (Å²) in [5.74, 6) is -2.27. The van der Waals surface area contributed by atoms with Crippen LogP contribution in [0.15, 0.2) is 36.7 Å². The molecule has 4 amide bonds. The van der Waals surface area contributed by atoms with Gasteiger partial charge in [-0.15, -0.1) is 0 Å². The number of aromatic nitrogens is 1. The summed E-state index contributed by atoms with van der Waals surface area (Å²) < 4.78 is 40.1. The summed E-state index contributed by atoms with van der Waals surface area (Å²) in [5.41, 5.74) is 0.0637. The Hall–Kier alpha value is -4.49. The number of amides is 4. The Kier molecular flexibility index (Phi) is 9.76. The van der Waals surface area contributed by atoms with Crippen molar-refractivity contribution in [2.24, 2.45) is 5.92 Å². The van der Waals surface area contributed by atoms with Crippen molar-refractivity contribution in [2.75, 3.05) is 56.2 Å². The Morgan fingerprint density at radius 3 is 2.43 bits per heavy atom. The molecular weight excluding hydrogens is 554 g/mol. The van der Waals surface area contributed by atoms with Crippen molar-refractivity contribution in [2.45, 2.75) is 32.4 Å². The SMILES string of the molecule is COC(=O)NCC1CN(c2cc(F)c(N3CCN(C(=O)C(CC(C)C)NC(=O)c4cccnc4)CC3)c(F)c2)C(=O)O1. The van der Waals surface area contributed by atoms with Crippen LogP contribution in [0, 0.1) is 17.6 Å². The second-order valence-electron chi connectivity index (χ2n) is 10.5. The van der Waals surface area contributed by atoms with Crippen molar-refractivity contribution in [3.8, 4) is 0 Å². The van der Waals surface area contributed by atoms with E-state index in [1.165, 1.54) is 18.2 Å². The Labute approximate surface area is 241 Å². The second-order valence-corrected chi connectivity index (χ2v) is 10.5. The number of carbonyl (C=O) groups is 4. The van der Waals surface area contributed by atoms with E-state index in [0.717, 1.165) is 17.0 Å². The third-order valence-electron chi connectivity index (χ3n) is 6.99. The lowest BCUT2D eigenvalue weighted by Crippen LogP contribution is -2.55. The van der Waals surface area contributed by atoms with Crippen LogP contribution in [0.25, 0.3) is 0 Å². The molecule has 2 atom stereocenters. The van der Waals surface area contributed by atoms with Gasteiger partial charge >= 0.3 is 12.2 Å². The lowest BCUT2D eigenvalue weighted by atomic mass is 10.0. The zero-order valence-corrected chi connectivity index (χ0v) is 23.6. The predicted octanol–water partition coefficient (Wildman–Crippen LogP) is 2.53. The third kappa shape index (κ3) is 7.22. The minimum absolute atomic E-state index is 0.0172. The minimum Gasteiger partial charge on any atom is -0.453 e. The number of benzene rings is 1. The van der Waals surface area contributed by atoms with Gasteiger partial charge in [-0.05, 0) is 24.5 Å². The molecule has 2 saturated heterocycles. The quantitative estimate of drug-likeness (QED) is 0.457. The molecule has 0 saturated carbocycles. The molecule has 2 unspecified atom stereocenters. The molecule has 0 bridgehead atoms. The third-order valence-corrected chi connectivity index (χ3v) is 6.99. The standard InChI is InChI=1S/C28H34F2N6O6/c1-17(2)11-23(33-25(37)18-5-4-6-31-14-18)26(38)35-9-7-34(8-10-35)24-21(29)12-19(13-22(24)30)36-16-20(42-28(36)40)15-32-27(39)41-3/h4-6,12-14,17,20,23H,7-11,15-16H2,1-3H3,(H,32,39)(H,33,37). The molecule has 0 spiro atoms. The highest BCUT2D eigenvalue weighted by Crippen LogP contribution is 2.31. The number of hydrogen-bond donors (Lipinski definition) is 2. The molecule has 14 heteroatoms. The summed E-state index contributed by atoms with van der Waals surface area (Å²) in [6, 6.07) is 4.60. The van der Waals surface area contributed by atoms with Gasteiger partial charge in [0.15, 0.2) is 11.6 Å². The van der Waals surface area contributed by atoms with Crippen molar-refractivity contribution < 1.29 is 37.4 Å². The molecule has 2 aliphatic rings. The smallest absolute Gasteiger partial charge is 0.414 e. The minimum atomic E-state index is -0.866. The topological polar surface area (TPSA) is 133 Å². The van der Waals surface area contributed by atoms with Crippen LogP contribution in [-0.4, -0.2) is 92.4 Å². The molecule has 4 rings (SSSR count). The second kappa shape index (κ2) is 13.4. The fraction of sp³-hybridized carbons (Fsp3) is 0.464. The van der Waals surface area contributed by atoms with E-state index in [2.05, 4.69) is 20.4 Å². The summed E-state index contributed by atoms with van der Waals surface area (Å²) in [7, 11) is 1.20. The van der Waals surface area contributed by atoms with Gasteiger partial charge in [-0.2, -0.15) is 0 Å². The number of carbonyl (C=O) groups excluding carboxylic acids is 4. The summed E-state index contributed by atoms with van der Waals surface area (Å²) in [6.07, 6.45) is 1.19. The number of rotatable bonds is 9. The van der Waals surface area contributed by atoms with E-state index in [4.69, 9.17) is 4.74 Å². The number of ether oxygens (including phenoxy) is 2. The number of methoxy groups -OCH3 is 1. The normalized spacial score (nSPS) is 17.6. The van der Waals surface area contributed by atoms with Crippen LogP contribution in [0.1, 0.15) is 30.6 Å². The van der Waals surface area contributed by atoms with Crippen molar-refractivity contribution in [3.63, 3.8) is 0 Å². The molecule has 2 fully saturated rings. The van der Waals surface area contributed by atoms with Crippen LogP contribution >= 0.6 is 0 Å². The molecule has 1 aromatic carbocycles. The maximum Gasteiger partial charge on any atom is 0.414 e. The Morgan fingerprint density at radius 2 is 1.83 bits per heavy atom. The number of alkyl carbamates (subject to hydrolysis) is 1. The molecule has 226 valence electrons. The van der Waals surface area contributed by atoms with Crippen molar-refractivity contribution in [1.82, 2.24) is 20.5 Å². The first-order valence-electron chi connectivity index (χ1n) is 13.6. The van der Waals surface area contributed by atoms with E-state index >= 15 is 8.78 Å². The number of nitrogens with one attached hydrogen (secondary N) is 2. The fourth-order valence-electron chi connectivity index (χ4n) is 4.92. The van der Waals surface area contributed by atoms with E-state index in [-0.39, 0.29) is 62.5 Å². The van der Waals surface area contributed by atoms with Gasteiger partial charge < -0.3 is 29.9 Å². The van der Waals surface area contributed by atoms with Crippen LogP contribution in [0.4, 0.5) is 29.7 Å². The number of halogens is 2. The number of anilines is 2. The molecule has 2 aromatic rings. The first-order valence-corrected chi connectivity index (χ1v) is 13.6. The molecule has 3 heterocycles. The molecule has 2 aliphatic heterocycles. The van der Waals surface area contributed by atoms with Crippen LogP contribution in [0.2, 0.25) is 0 Å². The first kappa shape index (κ1) is 30.5. The lowest BCUT2D eigenvalue weighted by Gasteiger charge is -2.38. The summed E-state index contributed by atoms with van der Waals surface area (Å²) in [6.45, 7) is 4.58. The largest absolute Gasteiger partial charge is 0.453 e. The Morgan fingerprint density at radius 1 is 1.14 bits per heavy atom. The summed E-state index contributed by atoms with van der Waals surface area (Å²) in [5, 5.41) is 5.22. The van der Waals surface area contributed by atoms with Crippen LogP contribution in [0.3, 0.4) is 0 Å². The molecule has 0 radical (unpaired) electrons. The number of hydrogen-bond acceptors (Lipinski definition) is 8. The van der Waals surface area contributed by atoms with Gasteiger partial charge in [0.25, 0.3) is 5.91 Å². The summed E-state index contributed by atoms with van der Waals surface area (Å²) >= 11 is 0. The Balaban J connectivity index is 1.39. The molecule has 1 aromatic heterocycles. The zero-order chi connectivity index (χ0) is 30.4. The average molecular weight is 589 g/mol. The van der Waals surface area contributed by atoms with Crippen molar-refractivity contribution in [1.29, 1.82) is 0 Å². The number of cyclic esters (lactones) is 1. The van der Waals surface area contributed by atoms with Gasteiger partial charge in [-0.25, -0.2) is 18.4 Å². The monoisotopic (exact) mass is 588 g/mol. The molecule has 2 N–H and O–H groups in total. The fourth-order valence-corrected chi connectivity index (χ4v) is 4.92. The molecule has 42 heavy (non-hydrogen) atoms. The highest BCUT2D eigenvalue weighted by Gasteiger charge is 2.35. The highest BCUT2D eigenvalue weighted by atomic mass is 19.1. The van der Waals surface area contributed by atoms with Crippen molar-refractivity contribution in [3.05, 3.63) is 53.9 Å². The predicted molar refractivity (Wildman–Crippen MR) is 148 cm³/mol. The van der Waals surface area contributed by atoms with Gasteiger partial charge in [0.05, 0.1) is 31.5 Å². The number of pyridine rings is 1. The van der Waals surface area contributed by atoms with Gasteiger partial charge in [0, 0.05) is 50.7 Å². The molecular formula is C28H34F2N6O6. The number of nitrogens with zero attached hydrogens (tertiary/aromatic N) is 4.